The van der Waals surface area contributed by atoms with Gasteiger partial charge in [0.2, 0.25) is 0 Å². The Hall–Kier alpha value is -1.39. The first-order valence-corrected chi connectivity index (χ1v) is 9.68. The first-order valence-electron chi connectivity index (χ1n) is 9.68. The molecule has 2 aromatic heterocycles. The average Bonchev–Trinajstić information content (AvgIpc) is 3.06. The van der Waals surface area contributed by atoms with Gasteiger partial charge in [-0.3, -0.25) is 4.98 Å². The highest BCUT2D eigenvalue weighted by molar-refractivity contribution is 5.82. The molecule has 3 heterocycles. The van der Waals surface area contributed by atoms with E-state index in [9.17, 15) is 0 Å². The van der Waals surface area contributed by atoms with Crippen molar-refractivity contribution >= 4 is 10.9 Å². The number of fused-ring (bicyclic) bond motifs is 1. The van der Waals surface area contributed by atoms with Crippen LogP contribution in [-0.2, 0) is 0 Å². The van der Waals surface area contributed by atoms with E-state index < -0.39 is 0 Å². The van der Waals surface area contributed by atoms with Gasteiger partial charge < -0.3 is 15.6 Å². The summed E-state index contributed by atoms with van der Waals surface area (Å²) in [5.41, 5.74) is 8.69. The summed E-state index contributed by atoms with van der Waals surface area (Å²) in [5, 5.41) is 1.36. The van der Waals surface area contributed by atoms with Crippen molar-refractivity contribution in [2.75, 3.05) is 19.6 Å². The van der Waals surface area contributed by atoms with Crippen molar-refractivity contribution in [3.8, 4) is 0 Å². The lowest BCUT2D eigenvalue weighted by molar-refractivity contribution is 0.187. The van der Waals surface area contributed by atoms with Gasteiger partial charge in [-0.25, -0.2) is 0 Å². The highest BCUT2D eigenvalue weighted by Crippen LogP contribution is 2.33. The molecule has 0 spiro atoms. The van der Waals surface area contributed by atoms with Crippen LogP contribution in [0.4, 0.5) is 0 Å². The number of aromatic nitrogens is 2. The Bertz CT molecular complexity index is 648. The lowest BCUT2D eigenvalue weighted by Gasteiger charge is -2.34. The van der Waals surface area contributed by atoms with Crippen molar-refractivity contribution in [3.05, 3.63) is 30.2 Å². The summed E-state index contributed by atoms with van der Waals surface area (Å²) in [6.07, 6.45) is 15.2. The summed E-state index contributed by atoms with van der Waals surface area (Å²) in [6.45, 7) is 3.77. The minimum absolute atomic E-state index is 0.475. The molecule has 4 heteroatoms. The number of nitrogens with one attached hydrogen (secondary N) is 1. The fourth-order valence-corrected chi connectivity index (χ4v) is 4.64. The minimum Gasteiger partial charge on any atom is -0.360 e. The van der Waals surface area contributed by atoms with Crippen LogP contribution >= 0.6 is 0 Å². The van der Waals surface area contributed by atoms with Gasteiger partial charge in [-0.2, -0.15) is 0 Å². The zero-order chi connectivity index (χ0) is 16.4. The fraction of sp³-hybridized carbons (Fsp3) is 0.650. The SMILES string of the molecule is NC1CCC(CCN2CCC(c3c[nH]c4cnccc34)CC2)CC1. The van der Waals surface area contributed by atoms with E-state index in [1.807, 2.05) is 12.4 Å². The maximum absolute atomic E-state index is 6.02. The molecule has 1 aliphatic heterocycles. The molecule has 2 fully saturated rings. The van der Waals surface area contributed by atoms with Gasteiger partial charge in [0.05, 0.1) is 11.7 Å². The van der Waals surface area contributed by atoms with Crippen LogP contribution in [0.5, 0.6) is 0 Å². The monoisotopic (exact) mass is 326 g/mol. The summed E-state index contributed by atoms with van der Waals surface area (Å²) < 4.78 is 0. The van der Waals surface area contributed by atoms with Gasteiger partial charge in [0.25, 0.3) is 0 Å². The second kappa shape index (κ2) is 7.24. The molecule has 130 valence electrons. The Morgan fingerprint density at radius 2 is 1.92 bits per heavy atom. The van der Waals surface area contributed by atoms with Crippen LogP contribution in [0.15, 0.2) is 24.7 Å². The lowest BCUT2D eigenvalue weighted by Crippen LogP contribution is -2.35. The molecule has 3 N–H and O–H groups in total. The standard InChI is InChI=1S/C20H30N4/c21-17-3-1-15(2-4-17)6-10-24-11-7-16(8-12-24)19-13-23-20-14-22-9-5-18(19)20/h5,9,13-17,23H,1-4,6-8,10-12,21H2. The number of piperidine rings is 1. The van der Waals surface area contributed by atoms with E-state index in [0.717, 1.165) is 5.92 Å². The molecule has 1 saturated carbocycles. The van der Waals surface area contributed by atoms with Crippen LogP contribution in [0.3, 0.4) is 0 Å². The van der Waals surface area contributed by atoms with E-state index in [-0.39, 0.29) is 0 Å². The summed E-state index contributed by atoms with van der Waals surface area (Å²) in [4.78, 5) is 10.3. The number of nitrogens with two attached hydrogens (primary N) is 1. The van der Waals surface area contributed by atoms with Crippen molar-refractivity contribution in [1.82, 2.24) is 14.9 Å². The molecule has 4 rings (SSSR count). The fourth-order valence-electron chi connectivity index (χ4n) is 4.64. The molecule has 0 amide bonds. The zero-order valence-electron chi connectivity index (χ0n) is 14.6. The van der Waals surface area contributed by atoms with Crippen molar-refractivity contribution in [2.45, 2.75) is 56.9 Å². The van der Waals surface area contributed by atoms with Crippen LogP contribution < -0.4 is 5.73 Å². The molecular formula is C20H30N4. The summed E-state index contributed by atoms with van der Waals surface area (Å²) in [5.74, 6) is 1.62. The minimum atomic E-state index is 0.475. The Kier molecular flexibility index (Phi) is 4.86. The first kappa shape index (κ1) is 16.1. The number of hydrogen-bond acceptors (Lipinski definition) is 3. The van der Waals surface area contributed by atoms with Gasteiger partial charge >= 0.3 is 0 Å². The Morgan fingerprint density at radius 3 is 2.71 bits per heavy atom. The van der Waals surface area contributed by atoms with E-state index in [1.54, 1.807) is 0 Å². The third-order valence-corrected chi connectivity index (χ3v) is 6.29. The zero-order valence-corrected chi connectivity index (χ0v) is 14.6. The van der Waals surface area contributed by atoms with E-state index in [2.05, 4.69) is 27.1 Å². The van der Waals surface area contributed by atoms with Crippen molar-refractivity contribution in [3.63, 3.8) is 0 Å². The third-order valence-electron chi connectivity index (χ3n) is 6.29. The average molecular weight is 326 g/mol. The molecule has 0 aromatic carbocycles. The highest BCUT2D eigenvalue weighted by Gasteiger charge is 2.24. The topological polar surface area (TPSA) is 57.9 Å². The van der Waals surface area contributed by atoms with E-state index in [1.165, 1.54) is 81.0 Å². The number of likely N-dealkylation sites (tertiary alicyclic amines) is 1. The van der Waals surface area contributed by atoms with Crippen LogP contribution in [-0.4, -0.2) is 40.5 Å². The van der Waals surface area contributed by atoms with Gasteiger partial charge in [-0.05, 0) is 88.0 Å². The molecular weight excluding hydrogens is 296 g/mol. The Balaban J connectivity index is 1.27. The van der Waals surface area contributed by atoms with Gasteiger partial charge in [0.1, 0.15) is 0 Å². The normalized spacial score (nSPS) is 26.9. The number of H-pyrrole nitrogens is 1. The highest BCUT2D eigenvalue weighted by atomic mass is 15.1. The summed E-state index contributed by atoms with van der Waals surface area (Å²) >= 11 is 0. The van der Waals surface area contributed by atoms with Gasteiger partial charge in [-0.15, -0.1) is 0 Å². The van der Waals surface area contributed by atoms with Crippen LogP contribution in [0.2, 0.25) is 0 Å². The lowest BCUT2D eigenvalue weighted by atomic mass is 9.84. The van der Waals surface area contributed by atoms with Crippen molar-refractivity contribution in [2.24, 2.45) is 11.7 Å². The van der Waals surface area contributed by atoms with Crippen LogP contribution in [0.25, 0.3) is 10.9 Å². The third kappa shape index (κ3) is 3.50. The van der Waals surface area contributed by atoms with Crippen molar-refractivity contribution < 1.29 is 0 Å². The number of pyridine rings is 1. The molecule has 2 aliphatic rings. The predicted molar refractivity (Wildman–Crippen MR) is 99.1 cm³/mol. The molecule has 24 heavy (non-hydrogen) atoms. The first-order chi connectivity index (χ1) is 11.8. The number of aromatic amines is 1. The molecule has 1 aliphatic carbocycles. The molecule has 2 aromatic rings. The van der Waals surface area contributed by atoms with Gasteiger partial charge in [0.15, 0.2) is 0 Å². The summed E-state index contributed by atoms with van der Waals surface area (Å²) in [7, 11) is 0. The Labute approximate surface area is 144 Å². The van der Waals surface area contributed by atoms with E-state index in [0.29, 0.717) is 12.0 Å². The molecule has 0 unspecified atom stereocenters. The quantitative estimate of drug-likeness (QED) is 0.901. The number of rotatable bonds is 4. The number of nitrogens with zero attached hydrogens (tertiary/aromatic N) is 2. The van der Waals surface area contributed by atoms with E-state index >= 15 is 0 Å². The van der Waals surface area contributed by atoms with Gasteiger partial charge in [-0.1, -0.05) is 0 Å². The predicted octanol–water partition coefficient (Wildman–Crippen LogP) is 3.65. The van der Waals surface area contributed by atoms with Crippen molar-refractivity contribution in [1.29, 1.82) is 0 Å². The smallest absolute Gasteiger partial charge is 0.0643 e. The molecule has 0 atom stereocenters. The second-order valence-electron chi connectivity index (χ2n) is 7.85. The maximum Gasteiger partial charge on any atom is 0.0643 e. The number of hydrogen-bond donors (Lipinski definition) is 2. The van der Waals surface area contributed by atoms with Gasteiger partial charge in [0, 0.05) is 23.8 Å². The van der Waals surface area contributed by atoms with Crippen LogP contribution in [0, 0.1) is 5.92 Å². The largest absolute Gasteiger partial charge is 0.360 e. The molecule has 1 saturated heterocycles. The molecule has 0 bridgehead atoms. The maximum atomic E-state index is 6.02. The molecule has 0 radical (unpaired) electrons. The Morgan fingerprint density at radius 1 is 1.12 bits per heavy atom. The second-order valence-corrected chi connectivity index (χ2v) is 7.85. The molecule has 4 nitrogen and oxygen atoms in total. The summed E-state index contributed by atoms with van der Waals surface area (Å²) in [6, 6.07) is 2.63. The van der Waals surface area contributed by atoms with Crippen LogP contribution in [0.1, 0.15) is 56.4 Å². The van der Waals surface area contributed by atoms with E-state index in [4.69, 9.17) is 5.73 Å².